The summed E-state index contributed by atoms with van der Waals surface area (Å²) in [6.45, 7) is 3.74. The maximum atomic E-state index is 11.1. The number of fused-ring (bicyclic) bond motifs is 1. The topological polar surface area (TPSA) is 57.2 Å². The van der Waals surface area contributed by atoms with Gasteiger partial charge in [0.25, 0.3) is 0 Å². The molecule has 3 nitrogen and oxygen atoms in total. The summed E-state index contributed by atoms with van der Waals surface area (Å²) in [4.78, 5) is -0.137. The maximum absolute atomic E-state index is 11.1. The van der Waals surface area contributed by atoms with Crippen molar-refractivity contribution in [3.05, 3.63) is 41.5 Å². The average molecular weight is 258 g/mol. The molecule has 2 aromatic rings. The van der Waals surface area contributed by atoms with Gasteiger partial charge in [-0.25, -0.2) is 8.42 Å². The molecule has 0 aromatic heterocycles. The Hall–Kier alpha value is -0.390. The molecule has 17 heavy (non-hydrogen) atoms. The molecular weight excluding hydrogens is 247 g/mol. The van der Waals surface area contributed by atoms with Gasteiger partial charge in [0.05, 0.1) is 4.90 Å². The van der Waals surface area contributed by atoms with Gasteiger partial charge < -0.3 is 4.55 Å². The first-order valence-electron chi connectivity index (χ1n) is 4.85. The number of hydrogen-bond donors (Lipinski definition) is 0. The Labute approximate surface area is 123 Å². The minimum Gasteiger partial charge on any atom is -0.744 e. The summed E-state index contributed by atoms with van der Waals surface area (Å²) in [6, 6.07) is 8.50. The Morgan fingerprint density at radius 2 is 1.76 bits per heavy atom. The van der Waals surface area contributed by atoms with Gasteiger partial charge >= 0.3 is 29.6 Å². The Morgan fingerprint density at radius 3 is 2.35 bits per heavy atom. The second kappa shape index (κ2) is 5.08. The van der Waals surface area contributed by atoms with Crippen molar-refractivity contribution in [3.8, 4) is 0 Å². The second-order valence-electron chi connectivity index (χ2n) is 3.89. The first kappa shape index (κ1) is 14.7. The minimum absolute atomic E-state index is 0. The van der Waals surface area contributed by atoms with Gasteiger partial charge in [-0.2, -0.15) is 0 Å². The molecule has 0 aliphatic heterocycles. The van der Waals surface area contributed by atoms with Crippen LogP contribution in [0, 0.1) is 13.8 Å². The SMILES string of the molecule is Cc1cc(C)c2c(S(=O)(=O)[O-])cccc2c1.[Na+]. The van der Waals surface area contributed by atoms with Crippen molar-refractivity contribution in [2.45, 2.75) is 18.7 Å². The molecule has 0 fully saturated rings. The van der Waals surface area contributed by atoms with E-state index in [4.69, 9.17) is 0 Å². The number of rotatable bonds is 1. The fourth-order valence-corrected chi connectivity index (χ4v) is 2.77. The molecule has 0 unspecified atom stereocenters. The third kappa shape index (κ3) is 2.89. The first-order valence-corrected chi connectivity index (χ1v) is 6.26. The van der Waals surface area contributed by atoms with E-state index in [9.17, 15) is 13.0 Å². The van der Waals surface area contributed by atoms with E-state index in [0.29, 0.717) is 5.39 Å². The molecule has 2 aromatic carbocycles. The van der Waals surface area contributed by atoms with E-state index in [0.717, 1.165) is 16.5 Å². The molecule has 0 N–H and O–H groups in total. The van der Waals surface area contributed by atoms with Crippen molar-refractivity contribution in [2.24, 2.45) is 0 Å². The van der Waals surface area contributed by atoms with Crippen LogP contribution in [0.3, 0.4) is 0 Å². The quantitative estimate of drug-likeness (QED) is 0.505. The summed E-state index contributed by atoms with van der Waals surface area (Å²) in [5.41, 5.74) is 1.86. The average Bonchev–Trinajstić information content (AvgIpc) is 2.14. The third-order valence-electron chi connectivity index (χ3n) is 2.55. The smallest absolute Gasteiger partial charge is 0.744 e. The van der Waals surface area contributed by atoms with Crippen LogP contribution < -0.4 is 29.6 Å². The molecule has 0 spiro atoms. The molecular formula is C12H11NaO3S. The molecule has 0 saturated heterocycles. The Balaban J connectivity index is 0.00000144. The summed E-state index contributed by atoms with van der Waals surface area (Å²) in [7, 11) is -4.41. The monoisotopic (exact) mass is 258 g/mol. The second-order valence-corrected chi connectivity index (χ2v) is 5.24. The summed E-state index contributed by atoms with van der Waals surface area (Å²) < 4.78 is 33.4. The Kier molecular flexibility index (Phi) is 4.38. The molecule has 0 bridgehead atoms. The maximum Gasteiger partial charge on any atom is 1.00 e. The number of hydrogen-bond acceptors (Lipinski definition) is 3. The Bertz CT molecular complexity index is 663. The van der Waals surface area contributed by atoms with Crippen LogP contribution in [-0.4, -0.2) is 13.0 Å². The zero-order valence-electron chi connectivity index (χ0n) is 10.0. The van der Waals surface area contributed by atoms with E-state index in [1.54, 1.807) is 6.07 Å². The van der Waals surface area contributed by atoms with Crippen LogP contribution in [0.1, 0.15) is 11.1 Å². The minimum atomic E-state index is -4.41. The normalized spacial score (nSPS) is 11.2. The standard InChI is InChI=1S/C12H12O3S.Na/c1-8-6-9(2)12-10(7-8)4-3-5-11(12)16(13,14)15;/h3-7H,1-2H3,(H,13,14,15);/q;+1/p-1. The van der Waals surface area contributed by atoms with Crippen molar-refractivity contribution in [1.29, 1.82) is 0 Å². The summed E-state index contributed by atoms with van der Waals surface area (Å²) in [5, 5.41) is 1.32. The van der Waals surface area contributed by atoms with Gasteiger partial charge in [-0.05, 0) is 30.9 Å². The molecule has 0 amide bonds. The van der Waals surface area contributed by atoms with Crippen LogP contribution in [0.25, 0.3) is 10.8 Å². The van der Waals surface area contributed by atoms with Crippen LogP contribution in [0.15, 0.2) is 35.2 Å². The van der Waals surface area contributed by atoms with Gasteiger partial charge in [-0.15, -0.1) is 0 Å². The predicted molar refractivity (Wildman–Crippen MR) is 61.4 cm³/mol. The van der Waals surface area contributed by atoms with E-state index in [-0.39, 0.29) is 34.5 Å². The molecule has 0 aliphatic rings. The van der Waals surface area contributed by atoms with Gasteiger partial charge in [-0.3, -0.25) is 0 Å². The molecule has 84 valence electrons. The molecule has 0 heterocycles. The third-order valence-corrected chi connectivity index (χ3v) is 3.43. The predicted octanol–water partition coefficient (Wildman–Crippen LogP) is -0.635. The van der Waals surface area contributed by atoms with Crippen LogP contribution in [0.4, 0.5) is 0 Å². The first-order chi connectivity index (χ1) is 7.39. The van der Waals surface area contributed by atoms with Crippen molar-refractivity contribution in [2.75, 3.05) is 0 Å². The largest absolute Gasteiger partial charge is 1.00 e. The molecule has 0 saturated carbocycles. The van der Waals surface area contributed by atoms with Crippen LogP contribution in [-0.2, 0) is 10.1 Å². The van der Waals surface area contributed by atoms with Crippen LogP contribution in [0.2, 0.25) is 0 Å². The zero-order valence-corrected chi connectivity index (χ0v) is 12.8. The van der Waals surface area contributed by atoms with Crippen molar-refractivity contribution in [1.82, 2.24) is 0 Å². The number of aryl methyl sites for hydroxylation is 2. The van der Waals surface area contributed by atoms with Crippen LogP contribution in [0.5, 0.6) is 0 Å². The van der Waals surface area contributed by atoms with Crippen molar-refractivity contribution in [3.63, 3.8) is 0 Å². The van der Waals surface area contributed by atoms with Gasteiger partial charge in [0.2, 0.25) is 0 Å². The van der Waals surface area contributed by atoms with E-state index >= 15 is 0 Å². The molecule has 0 atom stereocenters. The Morgan fingerprint density at radius 1 is 1.12 bits per heavy atom. The molecule has 0 radical (unpaired) electrons. The summed E-state index contributed by atoms with van der Waals surface area (Å²) >= 11 is 0. The summed E-state index contributed by atoms with van der Waals surface area (Å²) in [6.07, 6.45) is 0. The van der Waals surface area contributed by atoms with Crippen LogP contribution >= 0.6 is 0 Å². The molecule has 0 aliphatic carbocycles. The van der Waals surface area contributed by atoms with E-state index in [2.05, 4.69) is 0 Å². The van der Waals surface area contributed by atoms with Gasteiger partial charge in [0, 0.05) is 5.39 Å². The zero-order chi connectivity index (χ0) is 11.9. The van der Waals surface area contributed by atoms with E-state index < -0.39 is 10.1 Å². The van der Waals surface area contributed by atoms with E-state index in [1.807, 2.05) is 32.0 Å². The number of benzene rings is 2. The van der Waals surface area contributed by atoms with Gasteiger partial charge in [0.15, 0.2) is 0 Å². The van der Waals surface area contributed by atoms with Gasteiger partial charge in [-0.1, -0.05) is 29.8 Å². The van der Waals surface area contributed by atoms with Gasteiger partial charge in [0.1, 0.15) is 10.1 Å². The molecule has 5 heteroatoms. The summed E-state index contributed by atoms with van der Waals surface area (Å²) in [5.74, 6) is 0. The van der Waals surface area contributed by atoms with Crippen molar-refractivity contribution < 1.29 is 42.5 Å². The fraction of sp³-hybridized carbons (Fsp3) is 0.167. The van der Waals surface area contributed by atoms with E-state index in [1.165, 1.54) is 6.07 Å². The van der Waals surface area contributed by atoms with Crippen molar-refractivity contribution >= 4 is 20.9 Å². The molecule has 2 rings (SSSR count). The fourth-order valence-electron chi connectivity index (χ4n) is 2.00.